The third-order valence-corrected chi connectivity index (χ3v) is 6.35. The zero-order valence-electron chi connectivity index (χ0n) is 19.1. The Morgan fingerprint density at radius 1 is 1.11 bits per heavy atom. The molecule has 35 heavy (non-hydrogen) atoms. The molecule has 176 valence electrons. The summed E-state index contributed by atoms with van der Waals surface area (Å²) in [5.41, 5.74) is 3.06. The first-order chi connectivity index (χ1) is 17.0. The number of benzene rings is 2. The molecule has 3 heterocycles. The molecule has 0 unspecified atom stereocenters. The van der Waals surface area contributed by atoms with Crippen molar-refractivity contribution >= 4 is 29.0 Å². The van der Waals surface area contributed by atoms with Crippen molar-refractivity contribution in [3.63, 3.8) is 0 Å². The van der Waals surface area contributed by atoms with E-state index in [1.807, 2.05) is 47.4 Å². The number of pyridine rings is 1. The highest BCUT2D eigenvalue weighted by atomic mass is 32.1. The molecule has 0 amide bonds. The van der Waals surface area contributed by atoms with Crippen LogP contribution in [0.15, 0.2) is 83.4 Å². The van der Waals surface area contributed by atoms with E-state index >= 15 is 0 Å². The molecule has 1 fully saturated rings. The van der Waals surface area contributed by atoms with E-state index in [0.29, 0.717) is 33.3 Å². The van der Waals surface area contributed by atoms with Gasteiger partial charge >= 0.3 is 5.97 Å². The first kappa shape index (κ1) is 22.7. The Hall–Kier alpha value is -4.04. The second kappa shape index (κ2) is 9.31. The van der Waals surface area contributed by atoms with Gasteiger partial charge in [-0.1, -0.05) is 24.3 Å². The number of hydrogen-bond donors (Lipinski definition) is 1. The summed E-state index contributed by atoms with van der Waals surface area (Å²) in [5.74, 6) is 0.403. The third kappa shape index (κ3) is 4.17. The number of aryl methyl sites for hydroxylation is 1. The number of rotatable bonds is 5. The predicted octanol–water partition coefficient (Wildman–Crippen LogP) is 5.75. The normalized spacial score (nSPS) is 17.3. The average molecular weight is 488 g/mol. The van der Waals surface area contributed by atoms with Crippen LogP contribution in [0, 0.1) is 12.7 Å². The summed E-state index contributed by atoms with van der Waals surface area (Å²) >= 11 is 5.71. The monoisotopic (exact) mass is 487 g/mol. The van der Waals surface area contributed by atoms with Crippen LogP contribution in [0.5, 0.6) is 0 Å². The molecular formula is C27H22FN3O3S. The Morgan fingerprint density at radius 3 is 2.66 bits per heavy atom. The van der Waals surface area contributed by atoms with Crippen molar-refractivity contribution in [3.8, 4) is 11.3 Å². The van der Waals surface area contributed by atoms with Crippen LogP contribution < -0.4 is 10.2 Å². The molecule has 0 saturated carbocycles. The van der Waals surface area contributed by atoms with E-state index in [1.165, 1.54) is 13.2 Å². The van der Waals surface area contributed by atoms with Crippen LogP contribution in [0.2, 0.25) is 0 Å². The Kier molecular flexibility index (Phi) is 6.05. The first-order valence-corrected chi connectivity index (χ1v) is 11.4. The third-order valence-electron chi connectivity index (χ3n) is 6.03. The van der Waals surface area contributed by atoms with Gasteiger partial charge < -0.3 is 19.4 Å². The van der Waals surface area contributed by atoms with E-state index < -0.39 is 12.0 Å². The highest BCUT2D eigenvalue weighted by Crippen LogP contribution is 2.43. The van der Waals surface area contributed by atoms with E-state index in [0.717, 1.165) is 11.4 Å². The number of hydrogen-bond acceptors (Lipinski definition) is 5. The standard InChI is InChI=1S/C27H22FN3O3S/c1-16-15-17(10-11-20(16)28)31-25(24(30-27(31)35)21-9-5-6-14-29-21)23-13-12-22(34-23)18-7-3-4-8-19(18)26(32)33-2/h3-15,24-25H,1-2H3,(H,30,35)/t24-,25+/m0/s1. The Balaban J connectivity index is 1.62. The van der Waals surface area contributed by atoms with Crippen LogP contribution in [-0.2, 0) is 4.74 Å². The van der Waals surface area contributed by atoms with E-state index in [9.17, 15) is 9.18 Å². The lowest BCUT2D eigenvalue weighted by Gasteiger charge is -2.26. The molecule has 5 rings (SSSR count). The Morgan fingerprint density at radius 2 is 1.91 bits per heavy atom. The number of carbonyl (C=O) groups excluding carboxylic acids is 1. The van der Waals surface area contributed by atoms with Gasteiger partial charge in [0, 0.05) is 17.4 Å². The van der Waals surface area contributed by atoms with Gasteiger partial charge in [0.05, 0.1) is 24.4 Å². The fraction of sp³-hybridized carbons (Fsp3) is 0.148. The molecule has 1 aliphatic heterocycles. The summed E-state index contributed by atoms with van der Waals surface area (Å²) in [6.45, 7) is 1.71. The number of aromatic nitrogens is 1. The van der Waals surface area contributed by atoms with Crippen molar-refractivity contribution in [2.45, 2.75) is 19.0 Å². The summed E-state index contributed by atoms with van der Waals surface area (Å²) in [7, 11) is 1.35. The highest BCUT2D eigenvalue weighted by Gasteiger charge is 2.42. The van der Waals surface area contributed by atoms with Crippen molar-refractivity contribution in [2.75, 3.05) is 12.0 Å². The van der Waals surface area contributed by atoms with Gasteiger partial charge in [-0.25, -0.2) is 9.18 Å². The van der Waals surface area contributed by atoms with Crippen LogP contribution in [0.4, 0.5) is 10.1 Å². The molecular weight excluding hydrogens is 465 g/mol. The number of halogens is 1. The quantitative estimate of drug-likeness (QED) is 0.284. The molecule has 1 saturated heterocycles. The van der Waals surface area contributed by atoms with Gasteiger partial charge in [-0.2, -0.15) is 0 Å². The van der Waals surface area contributed by atoms with Crippen molar-refractivity contribution in [1.82, 2.24) is 10.3 Å². The van der Waals surface area contributed by atoms with Crippen molar-refractivity contribution in [2.24, 2.45) is 0 Å². The van der Waals surface area contributed by atoms with Crippen LogP contribution in [0.3, 0.4) is 0 Å². The number of furan rings is 1. The maximum absolute atomic E-state index is 14.0. The number of thiocarbonyl (C=S) groups is 1. The maximum Gasteiger partial charge on any atom is 0.338 e. The van der Waals surface area contributed by atoms with Gasteiger partial charge in [0.25, 0.3) is 0 Å². The van der Waals surface area contributed by atoms with Gasteiger partial charge in [-0.05, 0) is 73.2 Å². The van der Waals surface area contributed by atoms with E-state index in [4.69, 9.17) is 21.4 Å². The van der Waals surface area contributed by atoms with Gasteiger partial charge in [0.1, 0.15) is 23.4 Å². The lowest BCUT2D eigenvalue weighted by molar-refractivity contribution is 0.0601. The molecule has 1 aliphatic rings. The second-order valence-corrected chi connectivity index (χ2v) is 8.56. The van der Waals surface area contributed by atoms with Crippen molar-refractivity contribution < 1.29 is 18.3 Å². The Bertz CT molecular complexity index is 1410. The van der Waals surface area contributed by atoms with Crippen molar-refractivity contribution in [1.29, 1.82) is 0 Å². The molecule has 2 aromatic heterocycles. The number of esters is 1. The summed E-state index contributed by atoms with van der Waals surface area (Å²) in [6, 6.07) is 20.6. The number of ether oxygens (including phenoxy) is 1. The van der Waals surface area contributed by atoms with Gasteiger partial charge in [0.15, 0.2) is 5.11 Å². The zero-order chi connectivity index (χ0) is 24.5. The van der Waals surface area contributed by atoms with Crippen LogP contribution in [0.1, 0.15) is 39.5 Å². The molecule has 6 nitrogen and oxygen atoms in total. The zero-order valence-corrected chi connectivity index (χ0v) is 19.9. The lowest BCUT2D eigenvalue weighted by atomic mass is 10.0. The van der Waals surface area contributed by atoms with Gasteiger partial charge in [-0.15, -0.1) is 0 Å². The summed E-state index contributed by atoms with van der Waals surface area (Å²) in [6.07, 6.45) is 1.72. The molecule has 4 aromatic rings. The van der Waals surface area contributed by atoms with Gasteiger partial charge in [-0.3, -0.25) is 4.98 Å². The first-order valence-electron chi connectivity index (χ1n) is 11.0. The number of methoxy groups -OCH3 is 1. The molecule has 0 radical (unpaired) electrons. The topological polar surface area (TPSA) is 67.6 Å². The van der Waals surface area contributed by atoms with Crippen LogP contribution in [0.25, 0.3) is 11.3 Å². The van der Waals surface area contributed by atoms with Crippen LogP contribution >= 0.6 is 12.2 Å². The molecule has 0 bridgehead atoms. The largest absolute Gasteiger partial charge is 0.465 e. The Labute approximate surface area is 207 Å². The minimum atomic E-state index is -0.447. The van der Waals surface area contributed by atoms with E-state index in [-0.39, 0.29) is 11.9 Å². The minimum Gasteiger partial charge on any atom is -0.465 e. The molecule has 8 heteroatoms. The predicted molar refractivity (Wildman–Crippen MR) is 135 cm³/mol. The van der Waals surface area contributed by atoms with Gasteiger partial charge in [0.2, 0.25) is 0 Å². The molecule has 0 aliphatic carbocycles. The van der Waals surface area contributed by atoms with E-state index in [2.05, 4.69) is 10.3 Å². The second-order valence-electron chi connectivity index (χ2n) is 8.17. The fourth-order valence-corrected chi connectivity index (χ4v) is 4.69. The summed E-state index contributed by atoms with van der Waals surface area (Å²) < 4.78 is 25.3. The van der Waals surface area contributed by atoms with E-state index in [1.54, 1.807) is 37.4 Å². The number of nitrogens with zero attached hydrogens (tertiary/aromatic N) is 2. The SMILES string of the molecule is COC(=O)c1ccccc1-c1ccc([C@@H]2[C@H](c3ccccn3)NC(=S)N2c2ccc(F)c(C)c2)o1. The fourth-order valence-electron chi connectivity index (χ4n) is 4.34. The number of carbonyl (C=O) groups is 1. The molecule has 1 N–H and O–H groups in total. The smallest absolute Gasteiger partial charge is 0.338 e. The molecule has 2 aromatic carbocycles. The number of anilines is 1. The highest BCUT2D eigenvalue weighted by molar-refractivity contribution is 7.80. The number of nitrogens with one attached hydrogen (secondary N) is 1. The summed E-state index contributed by atoms with van der Waals surface area (Å²) in [5, 5.41) is 3.83. The summed E-state index contributed by atoms with van der Waals surface area (Å²) in [4.78, 5) is 18.8. The maximum atomic E-state index is 14.0. The minimum absolute atomic E-state index is 0.288. The molecule has 0 spiro atoms. The van der Waals surface area contributed by atoms with Crippen molar-refractivity contribution in [3.05, 3.63) is 107 Å². The average Bonchev–Trinajstić information content (AvgIpc) is 3.50. The molecule has 2 atom stereocenters. The van der Waals surface area contributed by atoms with Crippen LogP contribution in [-0.4, -0.2) is 23.2 Å². The lowest BCUT2D eigenvalue weighted by Crippen LogP contribution is -2.29.